The van der Waals surface area contributed by atoms with Gasteiger partial charge in [-0.25, -0.2) is 0 Å². The first kappa shape index (κ1) is 35.2. The Morgan fingerprint density at radius 1 is 0.305 bits per heavy atom. The molecular weight excluding hydrogens is 711 g/mol. The van der Waals surface area contributed by atoms with Crippen LogP contribution in [0.1, 0.15) is 49.9 Å². The van der Waals surface area contributed by atoms with Crippen LogP contribution in [0.2, 0.25) is 0 Å². The van der Waals surface area contributed by atoms with Gasteiger partial charge in [0.25, 0.3) is 0 Å². The maximum absolute atomic E-state index is 2.44. The average molecular weight is 756 g/mol. The molecule has 1 nitrogen and oxygen atoms in total. The van der Waals surface area contributed by atoms with Gasteiger partial charge in [-0.1, -0.05) is 191 Å². The van der Waals surface area contributed by atoms with E-state index in [0.29, 0.717) is 0 Å². The molecule has 2 aliphatic carbocycles. The van der Waals surface area contributed by atoms with Gasteiger partial charge in [0, 0.05) is 27.8 Å². The Kier molecular flexibility index (Phi) is 7.94. The molecular formula is C58H45N. The van der Waals surface area contributed by atoms with Crippen LogP contribution in [0.4, 0.5) is 17.1 Å². The van der Waals surface area contributed by atoms with E-state index in [1.807, 2.05) is 0 Å². The SMILES string of the molecule is CC1(C)c2ccccc2-c2ccc(-c3ccccc3N(c3ccc(-c4ccccc4-c4cccc5c4C(C)(C)c4ccccc4-5)cc3)c3ccc4ccccc4c3)cc21. The lowest BCUT2D eigenvalue weighted by atomic mass is 9.78. The van der Waals surface area contributed by atoms with Gasteiger partial charge in [0.2, 0.25) is 0 Å². The molecule has 0 spiro atoms. The van der Waals surface area contributed by atoms with Crippen molar-refractivity contribution in [3.63, 3.8) is 0 Å². The Bertz CT molecular complexity index is 3110. The number of rotatable bonds is 6. The zero-order valence-corrected chi connectivity index (χ0v) is 34.0. The predicted octanol–water partition coefficient (Wildman–Crippen LogP) is 15.9. The van der Waals surface area contributed by atoms with Crippen LogP contribution in [0.25, 0.3) is 66.4 Å². The lowest BCUT2D eigenvalue weighted by molar-refractivity contribution is 0.660. The van der Waals surface area contributed by atoms with Crippen molar-refractivity contribution in [3.05, 3.63) is 222 Å². The minimum Gasteiger partial charge on any atom is -0.310 e. The third-order valence-electron chi connectivity index (χ3n) is 13.3. The molecule has 0 aromatic heterocycles. The van der Waals surface area contributed by atoms with Gasteiger partial charge >= 0.3 is 0 Å². The highest BCUT2D eigenvalue weighted by molar-refractivity contribution is 5.96. The fourth-order valence-corrected chi connectivity index (χ4v) is 10.4. The van der Waals surface area contributed by atoms with E-state index < -0.39 is 0 Å². The predicted molar refractivity (Wildman–Crippen MR) is 250 cm³/mol. The van der Waals surface area contributed by atoms with Crippen LogP contribution in [0.3, 0.4) is 0 Å². The van der Waals surface area contributed by atoms with E-state index in [4.69, 9.17) is 0 Å². The molecule has 0 atom stereocenters. The molecule has 0 N–H and O–H groups in total. The van der Waals surface area contributed by atoms with Crippen LogP contribution in [0.5, 0.6) is 0 Å². The largest absolute Gasteiger partial charge is 0.310 e. The quantitative estimate of drug-likeness (QED) is 0.163. The van der Waals surface area contributed by atoms with Gasteiger partial charge in [0.15, 0.2) is 0 Å². The van der Waals surface area contributed by atoms with Crippen molar-refractivity contribution in [2.75, 3.05) is 4.90 Å². The van der Waals surface area contributed by atoms with E-state index in [-0.39, 0.29) is 10.8 Å². The number of anilines is 3. The monoisotopic (exact) mass is 755 g/mol. The van der Waals surface area contributed by atoms with Crippen LogP contribution in [-0.4, -0.2) is 0 Å². The van der Waals surface area contributed by atoms with Crippen LogP contribution in [0, 0.1) is 0 Å². The molecule has 59 heavy (non-hydrogen) atoms. The Balaban J connectivity index is 1.04. The first-order valence-corrected chi connectivity index (χ1v) is 20.8. The third-order valence-corrected chi connectivity index (χ3v) is 13.3. The van der Waals surface area contributed by atoms with Crippen LogP contribution in [0.15, 0.2) is 200 Å². The van der Waals surface area contributed by atoms with Gasteiger partial charge in [0.05, 0.1) is 5.69 Å². The molecule has 0 aliphatic heterocycles. The summed E-state index contributed by atoms with van der Waals surface area (Å²) in [6, 6.07) is 74.3. The summed E-state index contributed by atoms with van der Waals surface area (Å²) in [5, 5.41) is 2.45. The van der Waals surface area contributed by atoms with Crippen molar-refractivity contribution in [2.24, 2.45) is 0 Å². The van der Waals surface area contributed by atoms with Crippen molar-refractivity contribution in [3.8, 4) is 55.6 Å². The molecule has 0 amide bonds. The molecule has 11 rings (SSSR count). The first-order chi connectivity index (χ1) is 28.8. The van der Waals surface area contributed by atoms with Crippen molar-refractivity contribution < 1.29 is 0 Å². The molecule has 1 heteroatoms. The van der Waals surface area contributed by atoms with E-state index >= 15 is 0 Å². The molecule has 0 unspecified atom stereocenters. The van der Waals surface area contributed by atoms with E-state index in [1.165, 1.54) is 88.7 Å². The summed E-state index contributed by atoms with van der Waals surface area (Å²) < 4.78 is 0. The normalized spacial score (nSPS) is 14.0. The summed E-state index contributed by atoms with van der Waals surface area (Å²) in [4.78, 5) is 2.44. The highest BCUT2D eigenvalue weighted by Gasteiger charge is 2.38. The fraction of sp³-hybridized carbons (Fsp3) is 0.103. The molecule has 0 radical (unpaired) electrons. The molecule has 282 valence electrons. The smallest absolute Gasteiger partial charge is 0.0540 e. The van der Waals surface area contributed by atoms with Crippen molar-refractivity contribution in [1.29, 1.82) is 0 Å². The number of nitrogens with zero attached hydrogens (tertiary/aromatic N) is 1. The summed E-state index contributed by atoms with van der Waals surface area (Å²) in [5.41, 5.74) is 21.5. The lowest BCUT2D eigenvalue weighted by Gasteiger charge is -2.29. The summed E-state index contributed by atoms with van der Waals surface area (Å²) in [7, 11) is 0. The molecule has 9 aromatic carbocycles. The molecule has 0 fully saturated rings. The number of fused-ring (bicyclic) bond motifs is 7. The minimum atomic E-state index is -0.105. The Morgan fingerprint density at radius 3 is 1.56 bits per heavy atom. The summed E-state index contributed by atoms with van der Waals surface area (Å²) in [6.45, 7) is 9.47. The second kappa shape index (κ2) is 13.3. The Hall–Kier alpha value is -6.96. The Morgan fingerprint density at radius 2 is 0.814 bits per heavy atom. The number of para-hydroxylation sites is 1. The van der Waals surface area contributed by atoms with Gasteiger partial charge in [-0.15, -0.1) is 0 Å². The highest BCUT2D eigenvalue weighted by atomic mass is 15.1. The summed E-state index contributed by atoms with van der Waals surface area (Å²) >= 11 is 0. The lowest BCUT2D eigenvalue weighted by Crippen LogP contribution is -2.16. The van der Waals surface area contributed by atoms with Gasteiger partial charge < -0.3 is 4.90 Å². The standard InChI is InChI=1S/C58H45N/c1-57(2)52-25-12-9-21-47(52)49-35-31-41(37-54(49)57)45-19-11-14-27-55(45)59(43-34-28-38-16-5-6-17-40(38)36-43)42-32-29-39(30-33-42)44-18-7-8-20-46(44)50-23-15-24-51-48-22-10-13-26-53(48)58(3,4)56(50)51/h5-37H,1-4H3. The van der Waals surface area contributed by atoms with Crippen LogP contribution >= 0.6 is 0 Å². The fourth-order valence-electron chi connectivity index (χ4n) is 10.4. The minimum absolute atomic E-state index is 0.0827. The maximum atomic E-state index is 2.44. The molecule has 0 bridgehead atoms. The summed E-state index contributed by atoms with van der Waals surface area (Å²) in [5.74, 6) is 0. The van der Waals surface area contributed by atoms with Gasteiger partial charge in [-0.3, -0.25) is 0 Å². The van der Waals surface area contributed by atoms with E-state index in [0.717, 1.165) is 17.1 Å². The molecule has 0 saturated carbocycles. The molecule has 9 aromatic rings. The van der Waals surface area contributed by atoms with E-state index in [1.54, 1.807) is 0 Å². The second-order valence-electron chi connectivity index (χ2n) is 17.3. The van der Waals surface area contributed by atoms with E-state index in [9.17, 15) is 0 Å². The Labute approximate surface area is 347 Å². The molecule has 0 heterocycles. The second-order valence-corrected chi connectivity index (χ2v) is 17.3. The zero-order chi connectivity index (χ0) is 39.9. The van der Waals surface area contributed by atoms with E-state index in [2.05, 4.69) is 233 Å². The average Bonchev–Trinajstić information content (AvgIpc) is 3.66. The summed E-state index contributed by atoms with van der Waals surface area (Å²) in [6.07, 6.45) is 0. The molecule has 0 saturated heterocycles. The van der Waals surface area contributed by atoms with Gasteiger partial charge in [0.1, 0.15) is 0 Å². The van der Waals surface area contributed by atoms with Crippen LogP contribution in [-0.2, 0) is 10.8 Å². The molecule has 2 aliphatic rings. The third kappa shape index (κ3) is 5.45. The maximum Gasteiger partial charge on any atom is 0.0540 e. The van der Waals surface area contributed by atoms with Crippen molar-refractivity contribution in [2.45, 2.75) is 38.5 Å². The topological polar surface area (TPSA) is 3.24 Å². The first-order valence-electron chi connectivity index (χ1n) is 20.8. The zero-order valence-electron chi connectivity index (χ0n) is 34.0. The van der Waals surface area contributed by atoms with Gasteiger partial charge in [-0.05, 0) is 119 Å². The van der Waals surface area contributed by atoms with Gasteiger partial charge in [-0.2, -0.15) is 0 Å². The number of hydrogen-bond donors (Lipinski definition) is 0. The number of benzene rings is 9. The van der Waals surface area contributed by atoms with Crippen LogP contribution < -0.4 is 4.90 Å². The number of hydrogen-bond acceptors (Lipinski definition) is 1. The van der Waals surface area contributed by atoms with Crippen molar-refractivity contribution in [1.82, 2.24) is 0 Å². The highest BCUT2D eigenvalue weighted by Crippen LogP contribution is 2.54. The van der Waals surface area contributed by atoms with Crippen molar-refractivity contribution >= 4 is 27.8 Å².